The molecular weight excluding hydrogens is 487 g/mol. The summed E-state index contributed by atoms with van der Waals surface area (Å²) in [5, 5.41) is 4.04. The summed E-state index contributed by atoms with van der Waals surface area (Å²) in [4.78, 5) is 29.3. The molecule has 196 valence electrons. The SMILES string of the molecule is COC(=O)C(C)(C)c1ccc(-c2ccc(-c3onc(C)c3CC(=O)OC(C)c3ccccc3F)cc2)nc1. The average Bonchev–Trinajstić information content (AvgIpc) is 3.27. The van der Waals surface area contributed by atoms with Gasteiger partial charge in [-0.15, -0.1) is 0 Å². The van der Waals surface area contributed by atoms with Crippen LogP contribution in [0, 0.1) is 12.7 Å². The van der Waals surface area contributed by atoms with E-state index in [2.05, 4.69) is 10.1 Å². The zero-order valence-electron chi connectivity index (χ0n) is 21.9. The number of hydrogen-bond acceptors (Lipinski definition) is 7. The Balaban J connectivity index is 1.49. The Morgan fingerprint density at radius 1 is 1.03 bits per heavy atom. The van der Waals surface area contributed by atoms with Crippen molar-refractivity contribution in [2.75, 3.05) is 7.11 Å². The monoisotopic (exact) mass is 516 g/mol. The molecule has 0 spiro atoms. The van der Waals surface area contributed by atoms with Gasteiger partial charge in [-0.2, -0.15) is 0 Å². The fourth-order valence-electron chi connectivity index (χ4n) is 4.17. The largest absolute Gasteiger partial charge is 0.468 e. The number of carbonyl (C=O) groups is 2. The molecule has 1 unspecified atom stereocenters. The minimum absolute atomic E-state index is 0.0653. The van der Waals surface area contributed by atoms with E-state index in [1.165, 1.54) is 13.2 Å². The number of aryl methyl sites for hydroxylation is 1. The van der Waals surface area contributed by atoms with Crippen molar-refractivity contribution >= 4 is 11.9 Å². The van der Waals surface area contributed by atoms with Crippen LogP contribution in [0.25, 0.3) is 22.6 Å². The van der Waals surface area contributed by atoms with Gasteiger partial charge in [0, 0.05) is 28.5 Å². The second-order valence-electron chi connectivity index (χ2n) is 9.53. The van der Waals surface area contributed by atoms with Crippen LogP contribution >= 0.6 is 0 Å². The van der Waals surface area contributed by atoms with Gasteiger partial charge in [0.1, 0.15) is 11.9 Å². The third-order valence-electron chi connectivity index (χ3n) is 6.58. The van der Waals surface area contributed by atoms with E-state index in [0.29, 0.717) is 22.6 Å². The van der Waals surface area contributed by atoms with E-state index in [1.54, 1.807) is 52.1 Å². The van der Waals surface area contributed by atoms with Crippen LogP contribution in [-0.2, 0) is 30.9 Å². The number of pyridine rings is 1. The van der Waals surface area contributed by atoms with E-state index in [0.717, 1.165) is 22.4 Å². The highest BCUT2D eigenvalue weighted by Gasteiger charge is 2.31. The molecule has 0 radical (unpaired) electrons. The topological polar surface area (TPSA) is 91.5 Å². The van der Waals surface area contributed by atoms with E-state index in [1.807, 2.05) is 36.4 Å². The van der Waals surface area contributed by atoms with Gasteiger partial charge in [0.25, 0.3) is 0 Å². The van der Waals surface area contributed by atoms with E-state index in [-0.39, 0.29) is 12.4 Å². The van der Waals surface area contributed by atoms with Crippen molar-refractivity contribution in [1.82, 2.24) is 10.1 Å². The summed E-state index contributed by atoms with van der Waals surface area (Å²) in [5.74, 6) is -0.803. The number of aromatic nitrogens is 2. The smallest absolute Gasteiger partial charge is 0.315 e. The zero-order valence-corrected chi connectivity index (χ0v) is 21.9. The highest BCUT2D eigenvalue weighted by Crippen LogP contribution is 2.31. The Morgan fingerprint density at radius 3 is 2.34 bits per heavy atom. The van der Waals surface area contributed by atoms with Gasteiger partial charge in [-0.25, -0.2) is 4.39 Å². The van der Waals surface area contributed by atoms with Gasteiger partial charge in [0.05, 0.1) is 30.3 Å². The molecule has 0 amide bonds. The summed E-state index contributed by atoms with van der Waals surface area (Å²) < 4.78 is 30.0. The first-order chi connectivity index (χ1) is 18.1. The lowest BCUT2D eigenvalue weighted by molar-refractivity contribution is -0.148. The van der Waals surface area contributed by atoms with Crippen LogP contribution in [0.2, 0.25) is 0 Å². The second-order valence-corrected chi connectivity index (χ2v) is 9.53. The Hall–Kier alpha value is -4.33. The Labute approximate surface area is 220 Å². The fraction of sp³-hybridized carbons (Fsp3) is 0.267. The molecular formula is C30H29FN2O5. The lowest BCUT2D eigenvalue weighted by Gasteiger charge is -2.21. The van der Waals surface area contributed by atoms with Crippen molar-refractivity contribution in [2.24, 2.45) is 0 Å². The number of halogens is 1. The standard InChI is InChI=1S/C30H29FN2O5/c1-18-24(16-27(34)37-19(2)23-8-6-7-9-25(23)31)28(38-33-18)21-12-10-20(11-13-21)26-15-14-22(17-32-26)30(3,4)29(35)36-5/h6-15,17,19H,16H2,1-5H3. The highest BCUT2D eigenvalue weighted by molar-refractivity contribution is 5.82. The van der Waals surface area contributed by atoms with Gasteiger partial charge < -0.3 is 14.0 Å². The van der Waals surface area contributed by atoms with Gasteiger partial charge in [-0.1, -0.05) is 53.7 Å². The van der Waals surface area contributed by atoms with E-state index < -0.39 is 23.3 Å². The first kappa shape index (κ1) is 26.7. The van der Waals surface area contributed by atoms with Crippen LogP contribution in [0.3, 0.4) is 0 Å². The van der Waals surface area contributed by atoms with Crippen molar-refractivity contribution in [3.63, 3.8) is 0 Å². The van der Waals surface area contributed by atoms with E-state index in [4.69, 9.17) is 14.0 Å². The normalized spacial score (nSPS) is 12.2. The minimum Gasteiger partial charge on any atom is -0.468 e. The molecule has 0 saturated heterocycles. The zero-order chi connectivity index (χ0) is 27.4. The van der Waals surface area contributed by atoms with Crippen LogP contribution in [0.1, 0.15) is 49.3 Å². The molecule has 0 aliphatic heterocycles. The number of rotatable bonds is 8. The Kier molecular flexibility index (Phi) is 7.71. The van der Waals surface area contributed by atoms with Crippen LogP contribution in [0.5, 0.6) is 0 Å². The summed E-state index contributed by atoms with van der Waals surface area (Å²) in [5.41, 5.74) is 3.78. The molecule has 0 bridgehead atoms. The summed E-state index contributed by atoms with van der Waals surface area (Å²) in [6, 6.07) is 17.4. The van der Waals surface area contributed by atoms with Gasteiger partial charge in [0.15, 0.2) is 5.76 Å². The molecule has 1 atom stereocenters. The second kappa shape index (κ2) is 11.0. The third-order valence-corrected chi connectivity index (χ3v) is 6.58. The molecule has 8 heteroatoms. The number of methoxy groups -OCH3 is 1. The molecule has 0 N–H and O–H groups in total. The lowest BCUT2D eigenvalue weighted by atomic mass is 9.85. The van der Waals surface area contributed by atoms with Crippen molar-refractivity contribution in [1.29, 1.82) is 0 Å². The fourth-order valence-corrected chi connectivity index (χ4v) is 4.17. The number of nitrogens with zero attached hydrogens (tertiary/aromatic N) is 2. The number of benzene rings is 2. The highest BCUT2D eigenvalue weighted by atomic mass is 19.1. The molecule has 2 aromatic heterocycles. The molecule has 0 fully saturated rings. The molecule has 38 heavy (non-hydrogen) atoms. The van der Waals surface area contributed by atoms with Crippen LogP contribution < -0.4 is 0 Å². The van der Waals surface area contributed by atoms with Crippen LogP contribution in [-0.4, -0.2) is 29.2 Å². The maximum Gasteiger partial charge on any atom is 0.315 e. The Bertz CT molecular complexity index is 1440. The summed E-state index contributed by atoms with van der Waals surface area (Å²) in [6.07, 6.45) is 0.875. The van der Waals surface area contributed by atoms with Gasteiger partial charge >= 0.3 is 11.9 Å². The molecule has 0 saturated carbocycles. The molecule has 4 rings (SSSR count). The predicted octanol–water partition coefficient (Wildman–Crippen LogP) is 6.15. The number of carbonyl (C=O) groups excluding carboxylic acids is 2. The third kappa shape index (κ3) is 5.49. The first-order valence-electron chi connectivity index (χ1n) is 12.2. The molecule has 4 aromatic rings. The van der Waals surface area contributed by atoms with Crippen LogP contribution in [0.15, 0.2) is 71.4 Å². The molecule has 0 aliphatic rings. The van der Waals surface area contributed by atoms with Crippen molar-refractivity contribution < 1.29 is 28.0 Å². The average molecular weight is 517 g/mol. The predicted molar refractivity (Wildman–Crippen MR) is 140 cm³/mol. The quantitative estimate of drug-likeness (QED) is 0.259. The lowest BCUT2D eigenvalue weighted by Crippen LogP contribution is -2.30. The Morgan fingerprint density at radius 2 is 1.71 bits per heavy atom. The van der Waals surface area contributed by atoms with Gasteiger partial charge in [-0.3, -0.25) is 14.6 Å². The van der Waals surface area contributed by atoms with Crippen LogP contribution in [0.4, 0.5) is 4.39 Å². The molecule has 0 aliphatic carbocycles. The van der Waals surface area contributed by atoms with Crippen molar-refractivity contribution in [2.45, 2.75) is 45.6 Å². The van der Waals surface area contributed by atoms with Gasteiger partial charge in [0.2, 0.25) is 0 Å². The molecule has 2 aromatic carbocycles. The maximum absolute atomic E-state index is 14.1. The summed E-state index contributed by atoms with van der Waals surface area (Å²) in [6.45, 7) is 6.97. The number of hydrogen-bond donors (Lipinski definition) is 0. The van der Waals surface area contributed by atoms with E-state index in [9.17, 15) is 14.0 Å². The van der Waals surface area contributed by atoms with E-state index >= 15 is 0 Å². The van der Waals surface area contributed by atoms with Crippen molar-refractivity contribution in [3.8, 4) is 22.6 Å². The van der Waals surface area contributed by atoms with Gasteiger partial charge in [-0.05, 0) is 45.4 Å². The summed E-state index contributed by atoms with van der Waals surface area (Å²) in [7, 11) is 1.37. The van der Waals surface area contributed by atoms with Crippen molar-refractivity contribution in [3.05, 3.63) is 95.1 Å². The number of esters is 2. The first-order valence-corrected chi connectivity index (χ1v) is 12.2. The maximum atomic E-state index is 14.1. The molecule has 2 heterocycles. The molecule has 7 nitrogen and oxygen atoms in total. The summed E-state index contributed by atoms with van der Waals surface area (Å²) >= 11 is 0. The minimum atomic E-state index is -0.807. The number of ether oxygens (including phenoxy) is 2.